The lowest BCUT2D eigenvalue weighted by Gasteiger charge is -2.12. The van der Waals surface area contributed by atoms with Gasteiger partial charge in [0.2, 0.25) is 0 Å². The monoisotopic (exact) mass is 494 g/mol. The molecule has 6 nitrogen and oxygen atoms in total. The van der Waals surface area contributed by atoms with Crippen molar-refractivity contribution in [2.75, 3.05) is 48.6 Å². The van der Waals surface area contributed by atoms with E-state index in [9.17, 15) is 9.59 Å². The predicted octanol–water partition coefficient (Wildman–Crippen LogP) is 5.42. The molecule has 4 rings (SSSR count). The molecule has 3 aromatic carbocycles. The van der Waals surface area contributed by atoms with Crippen molar-refractivity contribution in [2.45, 2.75) is 9.79 Å². The summed E-state index contributed by atoms with van der Waals surface area (Å²) in [7, 11) is 0. The minimum atomic E-state index is -0.266. The molecule has 0 fully saturated rings. The zero-order chi connectivity index (χ0) is 23.6. The van der Waals surface area contributed by atoms with Gasteiger partial charge in [0, 0.05) is 32.4 Å². The number of hydrogen-bond acceptors (Lipinski definition) is 6. The quantitative estimate of drug-likeness (QED) is 0.435. The van der Waals surface area contributed by atoms with Crippen molar-refractivity contribution in [3.63, 3.8) is 0 Å². The highest BCUT2D eigenvalue weighted by atomic mass is 32.2. The smallest absolute Gasteiger partial charge is 0.255 e. The zero-order valence-electron chi connectivity index (χ0n) is 18.6. The van der Waals surface area contributed by atoms with Gasteiger partial charge < -0.3 is 20.1 Å². The van der Waals surface area contributed by atoms with E-state index in [0.29, 0.717) is 37.6 Å². The first kappa shape index (κ1) is 24.3. The van der Waals surface area contributed by atoms with Crippen LogP contribution in [0.1, 0.15) is 20.7 Å². The first-order valence-electron chi connectivity index (χ1n) is 11.0. The van der Waals surface area contributed by atoms with E-state index in [0.717, 1.165) is 32.7 Å². The summed E-state index contributed by atoms with van der Waals surface area (Å²) in [4.78, 5) is 27.9. The van der Waals surface area contributed by atoms with Crippen LogP contribution in [0.25, 0.3) is 0 Å². The standard InChI is InChI=1S/C26H26N2O4S2/c29-25-19-6-5-7-20(18-19)26(30)28-22-9-2-4-11-24(22)34-17-15-32-13-12-31-14-16-33-23-10-3-1-8-21(23)27-25/h1-11,18H,12-17H2,(H,27,29)(H,28,30). The Morgan fingerprint density at radius 2 is 1.06 bits per heavy atom. The van der Waals surface area contributed by atoms with E-state index in [1.807, 2.05) is 48.5 Å². The highest BCUT2D eigenvalue weighted by Crippen LogP contribution is 2.29. The number of anilines is 2. The lowest BCUT2D eigenvalue weighted by Crippen LogP contribution is -2.16. The molecule has 0 saturated carbocycles. The molecule has 0 aromatic heterocycles. The normalized spacial score (nSPS) is 16.2. The molecule has 0 aliphatic carbocycles. The lowest BCUT2D eigenvalue weighted by atomic mass is 10.1. The van der Waals surface area contributed by atoms with Gasteiger partial charge in [0.15, 0.2) is 0 Å². The maximum absolute atomic E-state index is 13.0. The second-order valence-corrected chi connectivity index (χ2v) is 9.68. The summed E-state index contributed by atoms with van der Waals surface area (Å²) >= 11 is 3.24. The molecule has 34 heavy (non-hydrogen) atoms. The van der Waals surface area contributed by atoms with Crippen molar-refractivity contribution in [3.8, 4) is 0 Å². The van der Waals surface area contributed by atoms with Gasteiger partial charge in [-0.3, -0.25) is 9.59 Å². The molecule has 176 valence electrons. The molecule has 0 saturated heterocycles. The summed E-state index contributed by atoms with van der Waals surface area (Å²) in [5.74, 6) is 0.987. The van der Waals surface area contributed by atoms with E-state index in [4.69, 9.17) is 9.47 Å². The third kappa shape index (κ3) is 6.87. The molecule has 0 atom stereocenters. The molecule has 2 N–H and O–H groups in total. The molecule has 3 aromatic rings. The Hall–Kier alpha value is -2.78. The van der Waals surface area contributed by atoms with Gasteiger partial charge in [-0.2, -0.15) is 0 Å². The van der Waals surface area contributed by atoms with Gasteiger partial charge in [-0.1, -0.05) is 30.3 Å². The van der Waals surface area contributed by atoms with Crippen LogP contribution in [-0.2, 0) is 9.47 Å². The Labute approximate surface area is 207 Å². The first-order valence-corrected chi connectivity index (χ1v) is 13.0. The van der Waals surface area contributed by atoms with Crippen LogP contribution in [0.5, 0.6) is 0 Å². The molecule has 0 spiro atoms. The fraction of sp³-hybridized carbons (Fsp3) is 0.231. The number of ether oxygens (including phenoxy) is 2. The van der Waals surface area contributed by atoms with Crippen LogP contribution in [-0.4, -0.2) is 49.7 Å². The molecule has 1 heterocycles. The minimum Gasteiger partial charge on any atom is -0.378 e. The molecule has 0 radical (unpaired) electrons. The number of thioether (sulfide) groups is 2. The number of carbonyl (C=O) groups is 2. The number of fused-ring (bicyclic) bond motifs is 4. The Bertz CT molecular complexity index is 1050. The largest absolute Gasteiger partial charge is 0.378 e. The highest BCUT2D eigenvalue weighted by Gasteiger charge is 2.14. The van der Waals surface area contributed by atoms with Gasteiger partial charge in [0.1, 0.15) is 0 Å². The molecular formula is C26H26N2O4S2. The number of hydrogen-bond donors (Lipinski definition) is 2. The molecule has 1 aliphatic rings. The third-order valence-electron chi connectivity index (χ3n) is 5.00. The van der Waals surface area contributed by atoms with Crippen molar-refractivity contribution in [1.82, 2.24) is 0 Å². The minimum absolute atomic E-state index is 0.266. The predicted molar refractivity (Wildman–Crippen MR) is 138 cm³/mol. The summed E-state index contributed by atoms with van der Waals surface area (Å²) in [6.45, 7) is 2.25. The fourth-order valence-corrected chi connectivity index (χ4v) is 5.07. The van der Waals surface area contributed by atoms with Crippen molar-refractivity contribution in [3.05, 3.63) is 83.9 Å². The van der Waals surface area contributed by atoms with E-state index in [1.165, 1.54) is 0 Å². The van der Waals surface area contributed by atoms with Crippen LogP contribution >= 0.6 is 23.5 Å². The summed E-state index contributed by atoms with van der Waals surface area (Å²) in [6.07, 6.45) is 0. The molecule has 0 unspecified atom stereocenters. The lowest BCUT2D eigenvalue weighted by molar-refractivity contribution is 0.0605. The maximum atomic E-state index is 13.0. The van der Waals surface area contributed by atoms with Crippen molar-refractivity contribution >= 4 is 46.7 Å². The highest BCUT2D eigenvalue weighted by molar-refractivity contribution is 7.99. The van der Waals surface area contributed by atoms with Crippen LogP contribution in [0, 0.1) is 0 Å². The van der Waals surface area contributed by atoms with Gasteiger partial charge >= 0.3 is 0 Å². The first-order chi connectivity index (χ1) is 16.7. The second-order valence-electron chi connectivity index (χ2n) is 7.40. The third-order valence-corrected chi connectivity index (χ3v) is 7.08. The van der Waals surface area contributed by atoms with E-state index >= 15 is 0 Å². The van der Waals surface area contributed by atoms with Crippen LogP contribution < -0.4 is 10.6 Å². The number of amides is 2. The van der Waals surface area contributed by atoms with E-state index in [-0.39, 0.29) is 11.8 Å². The Kier molecular flexibility index (Phi) is 9.04. The van der Waals surface area contributed by atoms with Gasteiger partial charge in [0.25, 0.3) is 11.8 Å². The number of nitrogens with one attached hydrogen (secondary N) is 2. The Morgan fingerprint density at radius 3 is 1.56 bits per heavy atom. The van der Waals surface area contributed by atoms with E-state index in [2.05, 4.69) is 10.6 Å². The number of rotatable bonds is 0. The van der Waals surface area contributed by atoms with Crippen molar-refractivity contribution in [2.24, 2.45) is 0 Å². The Balaban J connectivity index is 1.56. The number of benzene rings is 3. The molecule has 8 heteroatoms. The zero-order valence-corrected chi connectivity index (χ0v) is 20.3. The van der Waals surface area contributed by atoms with Gasteiger partial charge in [-0.25, -0.2) is 0 Å². The maximum Gasteiger partial charge on any atom is 0.255 e. The van der Waals surface area contributed by atoms with Crippen LogP contribution in [0.3, 0.4) is 0 Å². The van der Waals surface area contributed by atoms with Gasteiger partial charge in [-0.15, -0.1) is 23.5 Å². The number of para-hydroxylation sites is 2. The van der Waals surface area contributed by atoms with Crippen LogP contribution in [0.2, 0.25) is 0 Å². The van der Waals surface area contributed by atoms with Crippen molar-refractivity contribution in [1.29, 1.82) is 0 Å². The summed E-state index contributed by atoms with van der Waals surface area (Å²) in [6, 6.07) is 22.1. The average molecular weight is 495 g/mol. The van der Waals surface area contributed by atoms with E-state index < -0.39 is 0 Å². The summed E-state index contributed by atoms with van der Waals surface area (Å²) in [5, 5.41) is 5.95. The molecular weight excluding hydrogens is 468 g/mol. The topological polar surface area (TPSA) is 76.7 Å². The molecule has 1 aliphatic heterocycles. The van der Waals surface area contributed by atoms with E-state index in [1.54, 1.807) is 47.8 Å². The average Bonchev–Trinajstić information content (AvgIpc) is 2.86. The van der Waals surface area contributed by atoms with Crippen molar-refractivity contribution < 1.29 is 19.1 Å². The van der Waals surface area contributed by atoms with Crippen LogP contribution in [0.4, 0.5) is 11.4 Å². The summed E-state index contributed by atoms with van der Waals surface area (Å²) < 4.78 is 11.4. The van der Waals surface area contributed by atoms with Gasteiger partial charge in [0.05, 0.1) is 37.8 Å². The Morgan fingerprint density at radius 1 is 0.588 bits per heavy atom. The fourth-order valence-electron chi connectivity index (χ4n) is 3.33. The van der Waals surface area contributed by atoms with Crippen LogP contribution in [0.15, 0.2) is 82.6 Å². The molecule has 2 bridgehead atoms. The number of carbonyl (C=O) groups excluding carboxylic acids is 2. The molecule has 2 amide bonds. The van der Waals surface area contributed by atoms with Gasteiger partial charge in [-0.05, 0) is 42.5 Å². The SMILES string of the molecule is O=C1Nc2ccccc2SCCOCCOCCSc2ccccc2NC(=O)c2cccc1c2. The second kappa shape index (κ2) is 12.6. The summed E-state index contributed by atoms with van der Waals surface area (Å²) in [5.41, 5.74) is 2.29.